The summed E-state index contributed by atoms with van der Waals surface area (Å²) in [5, 5.41) is 0. The molecule has 0 bridgehead atoms. The number of amides is 1. The Hall–Kier alpha value is -1.59. The third-order valence-electron chi connectivity index (χ3n) is 2.85. The number of carbonyl (C=O) groups is 1. The lowest BCUT2D eigenvalue weighted by atomic mass is 10.1. The molecule has 0 saturated heterocycles. The second kappa shape index (κ2) is 8.50. The van der Waals surface area contributed by atoms with Crippen LogP contribution >= 0.6 is 0 Å². The van der Waals surface area contributed by atoms with Crippen LogP contribution in [0.15, 0.2) is 24.3 Å². The monoisotopic (exact) mass is 266 g/mol. The standard InChI is InChI=1S/C14H22N2O3/c1-18-10-9-16(8-7-15)14(17)11-12-5-3-4-6-13(12)19-2/h3-6H,7-11,15H2,1-2H3. The summed E-state index contributed by atoms with van der Waals surface area (Å²) in [6.45, 7) is 2.05. The molecule has 19 heavy (non-hydrogen) atoms. The number of nitrogens with zero attached hydrogens (tertiary/aromatic N) is 1. The minimum atomic E-state index is 0.0343. The van der Waals surface area contributed by atoms with Gasteiger partial charge in [0.25, 0.3) is 0 Å². The van der Waals surface area contributed by atoms with E-state index < -0.39 is 0 Å². The van der Waals surface area contributed by atoms with Crippen molar-refractivity contribution in [1.82, 2.24) is 4.90 Å². The zero-order valence-electron chi connectivity index (χ0n) is 11.6. The summed E-state index contributed by atoms with van der Waals surface area (Å²) in [5.74, 6) is 0.766. The van der Waals surface area contributed by atoms with Gasteiger partial charge in [0.05, 0.1) is 20.1 Å². The highest BCUT2D eigenvalue weighted by atomic mass is 16.5. The van der Waals surface area contributed by atoms with Crippen LogP contribution in [0, 0.1) is 0 Å². The second-order valence-corrected chi connectivity index (χ2v) is 4.15. The molecule has 1 rings (SSSR count). The van der Waals surface area contributed by atoms with Crippen molar-refractivity contribution in [3.8, 4) is 5.75 Å². The van der Waals surface area contributed by atoms with E-state index in [2.05, 4.69) is 0 Å². The van der Waals surface area contributed by atoms with Crippen molar-refractivity contribution < 1.29 is 14.3 Å². The van der Waals surface area contributed by atoms with Crippen LogP contribution < -0.4 is 10.5 Å². The van der Waals surface area contributed by atoms with Gasteiger partial charge in [0.15, 0.2) is 0 Å². The fourth-order valence-electron chi connectivity index (χ4n) is 1.84. The first kappa shape index (κ1) is 15.5. The van der Waals surface area contributed by atoms with Gasteiger partial charge in [-0.05, 0) is 6.07 Å². The Labute approximate surface area is 114 Å². The average molecular weight is 266 g/mol. The molecule has 0 atom stereocenters. The van der Waals surface area contributed by atoms with E-state index in [1.165, 1.54) is 0 Å². The van der Waals surface area contributed by atoms with E-state index in [1.54, 1.807) is 19.1 Å². The van der Waals surface area contributed by atoms with Crippen molar-refractivity contribution in [3.05, 3.63) is 29.8 Å². The molecule has 0 aliphatic rings. The maximum absolute atomic E-state index is 12.2. The van der Waals surface area contributed by atoms with Crippen LogP contribution in [-0.4, -0.2) is 51.3 Å². The lowest BCUT2D eigenvalue weighted by Gasteiger charge is -2.22. The largest absolute Gasteiger partial charge is 0.496 e. The second-order valence-electron chi connectivity index (χ2n) is 4.15. The molecule has 0 spiro atoms. The quantitative estimate of drug-likeness (QED) is 0.751. The fourth-order valence-corrected chi connectivity index (χ4v) is 1.84. The third kappa shape index (κ3) is 4.89. The van der Waals surface area contributed by atoms with E-state index >= 15 is 0 Å². The van der Waals surface area contributed by atoms with Crippen LogP contribution in [0.1, 0.15) is 5.56 Å². The maximum Gasteiger partial charge on any atom is 0.227 e. The van der Waals surface area contributed by atoms with Gasteiger partial charge < -0.3 is 20.1 Å². The predicted molar refractivity (Wildman–Crippen MR) is 74.2 cm³/mol. The first-order valence-electron chi connectivity index (χ1n) is 6.31. The minimum absolute atomic E-state index is 0.0343. The Morgan fingerprint density at radius 1 is 1.26 bits per heavy atom. The molecular formula is C14H22N2O3. The van der Waals surface area contributed by atoms with Crippen LogP contribution in [0.25, 0.3) is 0 Å². The molecule has 1 aromatic rings. The zero-order chi connectivity index (χ0) is 14.1. The van der Waals surface area contributed by atoms with Crippen LogP contribution in [0.4, 0.5) is 0 Å². The van der Waals surface area contributed by atoms with Crippen molar-refractivity contribution in [2.24, 2.45) is 5.73 Å². The van der Waals surface area contributed by atoms with Gasteiger partial charge in [0.1, 0.15) is 5.75 Å². The molecular weight excluding hydrogens is 244 g/mol. The Bertz CT molecular complexity index is 396. The zero-order valence-corrected chi connectivity index (χ0v) is 11.6. The van der Waals surface area contributed by atoms with Crippen molar-refractivity contribution in [3.63, 3.8) is 0 Å². The molecule has 0 unspecified atom stereocenters. The van der Waals surface area contributed by atoms with Gasteiger partial charge >= 0.3 is 0 Å². The number of methoxy groups -OCH3 is 2. The van der Waals surface area contributed by atoms with Crippen LogP contribution in [0.2, 0.25) is 0 Å². The van der Waals surface area contributed by atoms with Gasteiger partial charge in [0.2, 0.25) is 5.91 Å². The lowest BCUT2D eigenvalue weighted by Crippen LogP contribution is -2.38. The molecule has 5 heteroatoms. The average Bonchev–Trinajstić information content (AvgIpc) is 2.44. The summed E-state index contributed by atoms with van der Waals surface area (Å²) in [6, 6.07) is 7.53. The molecule has 0 radical (unpaired) electrons. The van der Waals surface area contributed by atoms with Gasteiger partial charge in [-0.1, -0.05) is 18.2 Å². The molecule has 0 heterocycles. The third-order valence-corrected chi connectivity index (χ3v) is 2.85. The van der Waals surface area contributed by atoms with E-state index in [9.17, 15) is 4.79 Å². The van der Waals surface area contributed by atoms with E-state index in [-0.39, 0.29) is 5.91 Å². The van der Waals surface area contributed by atoms with E-state index in [4.69, 9.17) is 15.2 Å². The molecule has 0 aliphatic carbocycles. The van der Waals surface area contributed by atoms with E-state index in [1.807, 2.05) is 24.3 Å². The number of rotatable bonds is 8. The molecule has 1 amide bonds. The number of carbonyl (C=O) groups excluding carboxylic acids is 1. The lowest BCUT2D eigenvalue weighted by molar-refractivity contribution is -0.131. The smallest absolute Gasteiger partial charge is 0.227 e. The molecule has 0 aromatic heterocycles. The summed E-state index contributed by atoms with van der Waals surface area (Å²) in [6.07, 6.45) is 0.313. The Balaban J connectivity index is 2.69. The SMILES string of the molecule is COCCN(CCN)C(=O)Cc1ccccc1OC. The number of hydrogen-bond acceptors (Lipinski definition) is 4. The molecule has 0 aliphatic heterocycles. The number of nitrogens with two attached hydrogens (primary N) is 1. The summed E-state index contributed by atoms with van der Waals surface area (Å²) in [5.41, 5.74) is 6.41. The molecule has 0 saturated carbocycles. The Kier molecular flexibility index (Phi) is 6.92. The summed E-state index contributed by atoms with van der Waals surface area (Å²) < 4.78 is 10.3. The number of benzene rings is 1. The molecule has 2 N–H and O–H groups in total. The van der Waals surface area contributed by atoms with Crippen molar-refractivity contribution in [2.45, 2.75) is 6.42 Å². The maximum atomic E-state index is 12.2. The summed E-state index contributed by atoms with van der Waals surface area (Å²) in [7, 11) is 3.22. The van der Waals surface area contributed by atoms with Gasteiger partial charge in [-0.3, -0.25) is 4.79 Å². The van der Waals surface area contributed by atoms with Crippen molar-refractivity contribution in [1.29, 1.82) is 0 Å². The molecule has 1 aromatic carbocycles. The van der Waals surface area contributed by atoms with Gasteiger partial charge in [-0.15, -0.1) is 0 Å². The fraction of sp³-hybridized carbons (Fsp3) is 0.500. The van der Waals surface area contributed by atoms with E-state index in [0.29, 0.717) is 32.7 Å². The first-order chi connectivity index (χ1) is 9.22. The highest BCUT2D eigenvalue weighted by Crippen LogP contribution is 2.18. The van der Waals surface area contributed by atoms with Crippen molar-refractivity contribution in [2.75, 3.05) is 40.5 Å². The Morgan fingerprint density at radius 2 is 2.00 bits per heavy atom. The molecule has 5 nitrogen and oxygen atoms in total. The number of para-hydroxylation sites is 1. The highest BCUT2D eigenvalue weighted by Gasteiger charge is 2.15. The predicted octanol–water partition coefficient (Wildman–Crippen LogP) is 0.671. The van der Waals surface area contributed by atoms with Gasteiger partial charge in [0, 0.05) is 32.3 Å². The summed E-state index contributed by atoms with van der Waals surface area (Å²) >= 11 is 0. The topological polar surface area (TPSA) is 64.8 Å². The van der Waals surface area contributed by atoms with E-state index in [0.717, 1.165) is 11.3 Å². The molecule has 106 valence electrons. The Morgan fingerprint density at radius 3 is 2.63 bits per heavy atom. The van der Waals surface area contributed by atoms with Crippen molar-refractivity contribution >= 4 is 5.91 Å². The molecule has 0 fully saturated rings. The van der Waals surface area contributed by atoms with Crippen LogP contribution in [0.5, 0.6) is 5.75 Å². The number of hydrogen-bond donors (Lipinski definition) is 1. The van der Waals surface area contributed by atoms with Gasteiger partial charge in [-0.2, -0.15) is 0 Å². The first-order valence-corrected chi connectivity index (χ1v) is 6.31. The highest BCUT2D eigenvalue weighted by molar-refractivity contribution is 5.79. The number of ether oxygens (including phenoxy) is 2. The van der Waals surface area contributed by atoms with Crippen LogP contribution in [-0.2, 0) is 16.0 Å². The minimum Gasteiger partial charge on any atom is -0.496 e. The van der Waals surface area contributed by atoms with Crippen LogP contribution in [0.3, 0.4) is 0 Å². The van der Waals surface area contributed by atoms with Gasteiger partial charge in [-0.25, -0.2) is 0 Å². The summed E-state index contributed by atoms with van der Waals surface area (Å²) in [4.78, 5) is 14.0. The normalized spacial score (nSPS) is 10.3.